The molecular weight excluding hydrogens is 266 g/mol. The lowest BCUT2D eigenvalue weighted by Crippen LogP contribution is -2.45. The van der Waals surface area contributed by atoms with Crippen LogP contribution in [0.15, 0.2) is 4.42 Å². The summed E-state index contributed by atoms with van der Waals surface area (Å²) in [4.78, 5) is 21.0. The van der Waals surface area contributed by atoms with Crippen molar-refractivity contribution in [2.24, 2.45) is 0 Å². The van der Waals surface area contributed by atoms with Crippen molar-refractivity contribution in [3.63, 3.8) is 0 Å². The Bertz CT molecular complexity index is 510. The van der Waals surface area contributed by atoms with Crippen molar-refractivity contribution in [1.82, 2.24) is 14.8 Å². The van der Waals surface area contributed by atoms with E-state index in [4.69, 9.17) is 4.42 Å². The maximum absolute atomic E-state index is 11.8. The van der Waals surface area contributed by atoms with Crippen LogP contribution in [-0.2, 0) is 24.2 Å². The molecule has 2 saturated heterocycles. The average molecular weight is 289 g/mol. The smallest absolute Gasteiger partial charge is 0.222 e. The number of hydrogen-bond donors (Lipinski definition) is 0. The second kappa shape index (κ2) is 5.44. The van der Waals surface area contributed by atoms with Crippen LogP contribution >= 0.6 is 0 Å². The maximum Gasteiger partial charge on any atom is 0.222 e. The molecule has 0 unspecified atom stereocenters. The molecule has 0 N–H and O–H groups in total. The van der Waals surface area contributed by atoms with Gasteiger partial charge in [0.25, 0.3) is 0 Å². The molecule has 0 saturated carbocycles. The van der Waals surface area contributed by atoms with E-state index in [9.17, 15) is 4.79 Å². The van der Waals surface area contributed by atoms with Crippen LogP contribution in [0.4, 0.5) is 0 Å². The molecule has 1 amide bonds. The number of nitrogens with zero attached hydrogens (tertiary/aromatic N) is 3. The van der Waals surface area contributed by atoms with Crippen molar-refractivity contribution in [2.75, 3.05) is 19.6 Å². The van der Waals surface area contributed by atoms with Gasteiger partial charge in [-0.3, -0.25) is 9.69 Å². The van der Waals surface area contributed by atoms with Gasteiger partial charge in [-0.2, -0.15) is 0 Å². The molecule has 0 radical (unpaired) electrons. The minimum Gasteiger partial charge on any atom is -0.444 e. The number of aromatic nitrogens is 1. The predicted octanol–water partition coefficient (Wildman–Crippen LogP) is 1.75. The molecule has 114 valence electrons. The predicted molar refractivity (Wildman–Crippen MR) is 77.8 cm³/mol. The Hall–Kier alpha value is -1.36. The zero-order valence-electron chi connectivity index (χ0n) is 12.5. The van der Waals surface area contributed by atoms with E-state index in [-0.39, 0.29) is 0 Å². The summed E-state index contributed by atoms with van der Waals surface area (Å²) in [7, 11) is 0. The Morgan fingerprint density at radius 3 is 2.67 bits per heavy atom. The molecule has 1 aliphatic carbocycles. The van der Waals surface area contributed by atoms with Crippen molar-refractivity contribution in [3.05, 3.63) is 17.3 Å². The highest BCUT2D eigenvalue weighted by atomic mass is 16.4. The normalized spacial score (nSPS) is 24.0. The van der Waals surface area contributed by atoms with Crippen molar-refractivity contribution >= 4 is 5.91 Å². The number of rotatable bonds is 3. The van der Waals surface area contributed by atoms with Crippen LogP contribution in [-0.4, -0.2) is 46.4 Å². The van der Waals surface area contributed by atoms with Gasteiger partial charge >= 0.3 is 0 Å². The number of fused-ring (bicyclic) bond motifs is 1. The third kappa shape index (κ3) is 2.59. The van der Waals surface area contributed by atoms with E-state index < -0.39 is 0 Å². The number of hydrogen-bond acceptors (Lipinski definition) is 4. The molecule has 5 nitrogen and oxygen atoms in total. The van der Waals surface area contributed by atoms with Gasteiger partial charge in [0.1, 0.15) is 5.76 Å². The molecule has 2 fully saturated rings. The molecule has 0 spiro atoms. The average Bonchev–Trinajstić information content (AvgIpc) is 3.16. The third-order valence-corrected chi connectivity index (χ3v) is 5.11. The zero-order chi connectivity index (χ0) is 14.2. The van der Waals surface area contributed by atoms with E-state index in [1.54, 1.807) is 0 Å². The van der Waals surface area contributed by atoms with E-state index >= 15 is 0 Å². The first kappa shape index (κ1) is 13.3. The lowest BCUT2D eigenvalue weighted by Gasteiger charge is -2.36. The van der Waals surface area contributed by atoms with Gasteiger partial charge in [0.15, 0.2) is 0 Å². The Morgan fingerprint density at radius 2 is 1.95 bits per heavy atom. The second-order valence-electron chi connectivity index (χ2n) is 6.53. The van der Waals surface area contributed by atoms with Gasteiger partial charge in [-0.25, -0.2) is 4.98 Å². The summed E-state index contributed by atoms with van der Waals surface area (Å²) in [6.45, 7) is 3.88. The number of amides is 1. The van der Waals surface area contributed by atoms with Gasteiger partial charge in [0, 0.05) is 38.5 Å². The highest BCUT2D eigenvalue weighted by molar-refractivity contribution is 5.78. The van der Waals surface area contributed by atoms with E-state index in [1.807, 2.05) is 0 Å². The molecular formula is C16H23N3O2. The summed E-state index contributed by atoms with van der Waals surface area (Å²) < 4.78 is 5.86. The van der Waals surface area contributed by atoms with Crippen LogP contribution in [0, 0.1) is 0 Å². The first-order chi connectivity index (χ1) is 10.3. The van der Waals surface area contributed by atoms with Gasteiger partial charge in [0.2, 0.25) is 11.8 Å². The first-order valence-electron chi connectivity index (χ1n) is 8.29. The van der Waals surface area contributed by atoms with Crippen LogP contribution in [0.3, 0.4) is 0 Å². The number of oxazole rings is 1. The van der Waals surface area contributed by atoms with Gasteiger partial charge in [0.05, 0.1) is 12.2 Å². The minimum atomic E-state index is 0.359. The van der Waals surface area contributed by atoms with E-state index in [2.05, 4.69) is 14.8 Å². The summed E-state index contributed by atoms with van der Waals surface area (Å²) in [5.74, 6) is 2.36. The van der Waals surface area contributed by atoms with Gasteiger partial charge < -0.3 is 9.32 Å². The van der Waals surface area contributed by atoms with Crippen LogP contribution in [0.1, 0.15) is 49.4 Å². The van der Waals surface area contributed by atoms with Crippen molar-refractivity contribution in [1.29, 1.82) is 0 Å². The Kier molecular flexibility index (Phi) is 3.45. The summed E-state index contributed by atoms with van der Waals surface area (Å²) in [6, 6.07) is 0.464. The molecule has 5 heteroatoms. The number of likely N-dealkylation sites (tertiary alicyclic amines) is 2. The van der Waals surface area contributed by atoms with Crippen molar-refractivity contribution < 1.29 is 9.21 Å². The van der Waals surface area contributed by atoms with Crippen molar-refractivity contribution in [3.8, 4) is 0 Å². The molecule has 21 heavy (non-hydrogen) atoms. The van der Waals surface area contributed by atoms with E-state index in [1.165, 1.54) is 12.1 Å². The number of piperidine rings is 1. The fourth-order valence-electron chi connectivity index (χ4n) is 3.95. The Labute approximate surface area is 125 Å². The fraction of sp³-hybridized carbons (Fsp3) is 0.750. The number of aryl methyl sites for hydroxylation is 2. The second-order valence-corrected chi connectivity index (χ2v) is 6.53. The van der Waals surface area contributed by atoms with E-state index in [0.29, 0.717) is 11.9 Å². The van der Waals surface area contributed by atoms with E-state index in [0.717, 1.165) is 76.4 Å². The lowest BCUT2D eigenvalue weighted by molar-refractivity contribution is -0.130. The summed E-state index contributed by atoms with van der Waals surface area (Å²) >= 11 is 0. The van der Waals surface area contributed by atoms with Gasteiger partial charge in [-0.05, 0) is 32.1 Å². The SMILES string of the molecule is O=C1CCCN1C1CCN(Cc2nc3c(o2)CCC3)CC1. The third-order valence-electron chi connectivity index (χ3n) is 5.11. The summed E-state index contributed by atoms with van der Waals surface area (Å²) in [5, 5.41) is 0. The summed E-state index contributed by atoms with van der Waals surface area (Å²) in [5.41, 5.74) is 1.18. The molecule has 0 atom stereocenters. The van der Waals surface area contributed by atoms with Crippen molar-refractivity contribution in [2.45, 2.75) is 57.5 Å². The number of carbonyl (C=O) groups excluding carboxylic acids is 1. The van der Waals surface area contributed by atoms with Crippen LogP contribution < -0.4 is 0 Å². The molecule has 3 aliphatic rings. The van der Waals surface area contributed by atoms with Gasteiger partial charge in [-0.15, -0.1) is 0 Å². The molecule has 3 heterocycles. The largest absolute Gasteiger partial charge is 0.444 e. The highest BCUT2D eigenvalue weighted by Crippen LogP contribution is 2.25. The first-order valence-corrected chi connectivity index (χ1v) is 8.29. The van der Waals surface area contributed by atoms with Crippen LogP contribution in [0.2, 0.25) is 0 Å². The molecule has 0 bridgehead atoms. The van der Waals surface area contributed by atoms with Crippen LogP contribution in [0.25, 0.3) is 0 Å². The quantitative estimate of drug-likeness (QED) is 0.850. The molecule has 4 rings (SSSR count). The monoisotopic (exact) mass is 289 g/mol. The summed E-state index contributed by atoms with van der Waals surface area (Å²) in [6.07, 6.45) is 7.30. The van der Waals surface area contributed by atoms with Crippen LogP contribution in [0.5, 0.6) is 0 Å². The molecule has 1 aromatic rings. The topological polar surface area (TPSA) is 49.6 Å². The highest BCUT2D eigenvalue weighted by Gasteiger charge is 2.31. The Morgan fingerprint density at radius 1 is 1.10 bits per heavy atom. The minimum absolute atomic E-state index is 0.359. The zero-order valence-corrected chi connectivity index (χ0v) is 12.5. The van der Waals surface area contributed by atoms with Gasteiger partial charge in [-0.1, -0.05) is 0 Å². The maximum atomic E-state index is 11.8. The fourth-order valence-corrected chi connectivity index (χ4v) is 3.95. The Balaban J connectivity index is 1.31. The molecule has 0 aromatic carbocycles. The number of carbonyl (C=O) groups is 1. The molecule has 2 aliphatic heterocycles. The standard InChI is InChI=1S/C16H23N3O2/c20-16-5-2-8-19(16)12-6-9-18(10-7-12)11-15-17-13-3-1-4-14(13)21-15/h12H,1-11H2. The lowest BCUT2D eigenvalue weighted by atomic mass is 10.0. The molecule has 1 aromatic heterocycles.